The fourth-order valence-electron chi connectivity index (χ4n) is 2.74. The van der Waals surface area contributed by atoms with Crippen LogP contribution in [-0.2, 0) is 9.47 Å². The van der Waals surface area contributed by atoms with Crippen LogP contribution in [0.5, 0.6) is 0 Å². The highest BCUT2D eigenvalue weighted by molar-refractivity contribution is 5.89. The van der Waals surface area contributed by atoms with E-state index in [0.717, 1.165) is 18.6 Å². The van der Waals surface area contributed by atoms with Crippen LogP contribution in [0.4, 0.5) is 19.3 Å². The molecule has 0 aromatic heterocycles. The SMILES string of the molecule is O=C(Nc1ccc(F)cc1F)N1CCC2(CC1)OCCCO2. The number of ether oxygens (including phenoxy) is 2. The first-order valence-corrected chi connectivity index (χ1v) is 7.37. The fraction of sp³-hybridized carbons (Fsp3) is 0.533. The second-order valence-corrected chi connectivity index (χ2v) is 5.50. The van der Waals surface area contributed by atoms with E-state index in [1.54, 1.807) is 4.90 Å². The Balaban J connectivity index is 1.57. The van der Waals surface area contributed by atoms with Crippen molar-refractivity contribution in [2.75, 3.05) is 31.6 Å². The molecule has 2 heterocycles. The number of piperidine rings is 1. The number of amides is 2. The lowest BCUT2D eigenvalue weighted by Gasteiger charge is -2.43. The van der Waals surface area contributed by atoms with Crippen LogP contribution in [0.2, 0.25) is 0 Å². The highest BCUT2D eigenvalue weighted by atomic mass is 19.1. The molecule has 7 heteroatoms. The molecule has 2 saturated heterocycles. The number of hydrogen-bond acceptors (Lipinski definition) is 3. The predicted molar refractivity (Wildman–Crippen MR) is 75.4 cm³/mol. The zero-order valence-corrected chi connectivity index (χ0v) is 12.1. The summed E-state index contributed by atoms with van der Waals surface area (Å²) in [5.74, 6) is -2.04. The Kier molecular flexibility index (Phi) is 4.26. The number of nitrogens with zero attached hydrogens (tertiary/aromatic N) is 1. The van der Waals surface area contributed by atoms with Crippen molar-refractivity contribution in [3.05, 3.63) is 29.8 Å². The third-order valence-electron chi connectivity index (χ3n) is 4.00. The summed E-state index contributed by atoms with van der Waals surface area (Å²) in [6.45, 7) is 2.28. The third kappa shape index (κ3) is 3.20. The van der Waals surface area contributed by atoms with Crippen molar-refractivity contribution < 1.29 is 23.0 Å². The summed E-state index contributed by atoms with van der Waals surface area (Å²) in [7, 11) is 0. The zero-order valence-electron chi connectivity index (χ0n) is 12.1. The zero-order chi connectivity index (χ0) is 15.6. The van der Waals surface area contributed by atoms with E-state index < -0.39 is 23.5 Å². The molecule has 0 atom stereocenters. The molecule has 3 rings (SSSR count). The van der Waals surface area contributed by atoms with Gasteiger partial charge in [0.05, 0.1) is 18.9 Å². The molecule has 22 heavy (non-hydrogen) atoms. The Morgan fingerprint density at radius 3 is 2.50 bits per heavy atom. The van der Waals surface area contributed by atoms with Gasteiger partial charge in [0.25, 0.3) is 0 Å². The first-order chi connectivity index (χ1) is 10.6. The summed E-state index contributed by atoms with van der Waals surface area (Å²) in [4.78, 5) is 13.7. The first kappa shape index (κ1) is 15.2. The predicted octanol–water partition coefficient (Wildman–Crippen LogP) is 2.73. The molecule has 0 unspecified atom stereocenters. The van der Waals surface area contributed by atoms with Gasteiger partial charge in [0, 0.05) is 32.0 Å². The summed E-state index contributed by atoms with van der Waals surface area (Å²) >= 11 is 0. The number of urea groups is 1. The highest BCUT2D eigenvalue weighted by Crippen LogP contribution is 2.31. The van der Waals surface area contributed by atoms with Gasteiger partial charge >= 0.3 is 6.03 Å². The maximum Gasteiger partial charge on any atom is 0.321 e. The number of likely N-dealkylation sites (tertiary alicyclic amines) is 1. The Bertz CT molecular complexity index is 552. The minimum Gasteiger partial charge on any atom is -0.350 e. The van der Waals surface area contributed by atoms with Gasteiger partial charge in [-0.05, 0) is 18.6 Å². The number of hydrogen-bond donors (Lipinski definition) is 1. The van der Waals surface area contributed by atoms with Gasteiger partial charge in [-0.3, -0.25) is 0 Å². The second kappa shape index (κ2) is 6.18. The molecule has 2 fully saturated rings. The Morgan fingerprint density at radius 2 is 1.86 bits per heavy atom. The van der Waals surface area contributed by atoms with Crippen molar-refractivity contribution in [3.63, 3.8) is 0 Å². The van der Waals surface area contributed by atoms with Crippen LogP contribution in [0, 0.1) is 11.6 Å². The maximum absolute atomic E-state index is 13.6. The molecule has 0 radical (unpaired) electrons. The molecule has 0 saturated carbocycles. The molecule has 1 aromatic carbocycles. The minimum atomic E-state index is -0.791. The van der Waals surface area contributed by atoms with Gasteiger partial charge in [0.15, 0.2) is 5.79 Å². The van der Waals surface area contributed by atoms with Crippen molar-refractivity contribution in [3.8, 4) is 0 Å². The van der Waals surface area contributed by atoms with Crippen LogP contribution >= 0.6 is 0 Å². The van der Waals surface area contributed by atoms with Crippen LogP contribution in [0.1, 0.15) is 19.3 Å². The fourth-order valence-corrected chi connectivity index (χ4v) is 2.74. The van der Waals surface area contributed by atoms with E-state index in [9.17, 15) is 13.6 Å². The smallest absolute Gasteiger partial charge is 0.321 e. The van der Waals surface area contributed by atoms with Crippen LogP contribution in [0.15, 0.2) is 18.2 Å². The van der Waals surface area contributed by atoms with E-state index in [0.29, 0.717) is 39.1 Å². The standard InChI is InChI=1S/C15H18F2N2O3/c16-11-2-3-13(12(17)10-11)18-14(20)19-6-4-15(5-7-19)21-8-1-9-22-15/h2-3,10H,1,4-9H2,(H,18,20). The monoisotopic (exact) mass is 312 g/mol. The molecule has 2 aliphatic rings. The highest BCUT2D eigenvalue weighted by Gasteiger charge is 2.39. The van der Waals surface area contributed by atoms with Gasteiger partial charge in [-0.25, -0.2) is 13.6 Å². The Hall–Kier alpha value is -1.73. The van der Waals surface area contributed by atoms with E-state index >= 15 is 0 Å². The Labute approximate surface area is 127 Å². The van der Waals surface area contributed by atoms with Crippen molar-refractivity contribution in [2.24, 2.45) is 0 Å². The molecular weight excluding hydrogens is 294 g/mol. The number of nitrogens with one attached hydrogen (secondary N) is 1. The van der Waals surface area contributed by atoms with E-state index in [-0.39, 0.29) is 5.69 Å². The van der Waals surface area contributed by atoms with E-state index in [2.05, 4.69) is 5.32 Å². The number of anilines is 1. The number of carbonyl (C=O) groups is 1. The van der Waals surface area contributed by atoms with Crippen LogP contribution in [0.3, 0.4) is 0 Å². The lowest BCUT2D eigenvalue weighted by Crippen LogP contribution is -2.52. The van der Waals surface area contributed by atoms with Gasteiger partial charge in [0.2, 0.25) is 0 Å². The average Bonchev–Trinajstić information content (AvgIpc) is 2.51. The maximum atomic E-state index is 13.6. The Morgan fingerprint density at radius 1 is 1.18 bits per heavy atom. The molecule has 1 N–H and O–H groups in total. The molecule has 120 valence electrons. The molecule has 1 spiro atoms. The van der Waals surface area contributed by atoms with Crippen molar-refractivity contribution in [2.45, 2.75) is 25.0 Å². The lowest BCUT2D eigenvalue weighted by molar-refractivity contribution is -0.281. The van der Waals surface area contributed by atoms with Crippen LogP contribution in [-0.4, -0.2) is 43.0 Å². The summed E-state index contributed by atoms with van der Waals surface area (Å²) in [6, 6.07) is 2.65. The van der Waals surface area contributed by atoms with E-state index in [1.807, 2.05) is 0 Å². The van der Waals surface area contributed by atoms with Gasteiger partial charge in [-0.1, -0.05) is 0 Å². The quantitative estimate of drug-likeness (QED) is 0.867. The molecule has 5 nitrogen and oxygen atoms in total. The first-order valence-electron chi connectivity index (χ1n) is 7.37. The minimum absolute atomic E-state index is 0.0307. The normalized spacial score (nSPS) is 20.9. The van der Waals surface area contributed by atoms with Crippen LogP contribution < -0.4 is 5.32 Å². The van der Waals surface area contributed by atoms with E-state index in [4.69, 9.17) is 9.47 Å². The number of rotatable bonds is 1. The van der Waals surface area contributed by atoms with Gasteiger partial charge in [-0.15, -0.1) is 0 Å². The molecule has 2 amide bonds. The topological polar surface area (TPSA) is 50.8 Å². The average molecular weight is 312 g/mol. The molecule has 2 aliphatic heterocycles. The third-order valence-corrected chi connectivity index (χ3v) is 4.00. The van der Waals surface area contributed by atoms with Gasteiger partial charge < -0.3 is 19.7 Å². The largest absolute Gasteiger partial charge is 0.350 e. The van der Waals surface area contributed by atoms with E-state index in [1.165, 1.54) is 6.07 Å². The molecule has 1 aromatic rings. The lowest BCUT2D eigenvalue weighted by atomic mass is 10.0. The molecule has 0 aliphatic carbocycles. The molecular formula is C15H18F2N2O3. The summed E-state index contributed by atoms with van der Waals surface area (Å²) in [5.41, 5.74) is -0.0307. The number of halogens is 2. The van der Waals surface area contributed by atoms with Crippen molar-refractivity contribution in [1.82, 2.24) is 4.90 Å². The van der Waals surface area contributed by atoms with Crippen LogP contribution in [0.25, 0.3) is 0 Å². The second-order valence-electron chi connectivity index (χ2n) is 5.50. The van der Waals surface area contributed by atoms with Crippen molar-refractivity contribution >= 4 is 11.7 Å². The van der Waals surface area contributed by atoms with Crippen molar-refractivity contribution in [1.29, 1.82) is 0 Å². The summed E-state index contributed by atoms with van der Waals surface area (Å²) in [6.07, 6.45) is 2.06. The summed E-state index contributed by atoms with van der Waals surface area (Å²) in [5, 5.41) is 2.46. The molecule has 0 bridgehead atoms. The summed E-state index contributed by atoms with van der Waals surface area (Å²) < 4.78 is 37.8. The number of carbonyl (C=O) groups excluding carboxylic acids is 1. The van der Waals surface area contributed by atoms with Gasteiger partial charge in [-0.2, -0.15) is 0 Å². The number of benzene rings is 1. The van der Waals surface area contributed by atoms with Gasteiger partial charge in [0.1, 0.15) is 11.6 Å².